The van der Waals surface area contributed by atoms with Gasteiger partial charge in [-0.25, -0.2) is 4.39 Å². The molecule has 1 spiro atoms. The van der Waals surface area contributed by atoms with Gasteiger partial charge in [0.25, 0.3) is 0 Å². The summed E-state index contributed by atoms with van der Waals surface area (Å²) in [5.41, 5.74) is 0.826. The van der Waals surface area contributed by atoms with Crippen LogP contribution in [0.5, 0.6) is 0 Å². The van der Waals surface area contributed by atoms with Gasteiger partial charge in [-0.15, -0.1) is 0 Å². The van der Waals surface area contributed by atoms with Crippen LogP contribution < -0.4 is 0 Å². The molecule has 0 saturated carbocycles. The molecule has 142 valence electrons. The average Bonchev–Trinajstić information content (AvgIpc) is 3.13. The van der Waals surface area contributed by atoms with E-state index in [1.807, 2.05) is 11.0 Å². The highest BCUT2D eigenvalue weighted by molar-refractivity contribution is 5.77. The van der Waals surface area contributed by atoms with Gasteiger partial charge in [0.1, 0.15) is 12.4 Å². The molecule has 1 atom stereocenters. The fourth-order valence-corrected chi connectivity index (χ4v) is 4.37. The smallest absolute Gasteiger partial charge is 0.248 e. The van der Waals surface area contributed by atoms with Crippen molar-refractivity contribution in [3.63, 3.8) is 0 Å². The molecule has 26 heavy (non-hydrogen) atoms. The normalized spacial score (nSPS) is 25.4. The minimum Gasteiger partial charge on any atom is -0.372 e. The molecule has 6 heteroatoms. The minimum atomic E-state index is -0.192. The van der Waals surface area contributed by atoms with Crippen molar-refractivity contribution < 1.29 is 18.7 Å². The molecule has 0 aliphatic carbocycles. The number of hydrogen-bond donors (Lipinski definition) is 0. The zero-order chi connectivity index (χ0) is 18.0. The fourth-order valence-electron chi connectivity index (χ4n) is 4.37. The van der Waals surface area contributed by atoms with Gasteiger partial charge in [0.05, 0.1) is 11.7 Å². The Kier molecular flexibility index (Phi) is 5.25. The number of nitrogens with zero attached hydrogens (tertiary/aromatic N) is 2. The van der Waals surface area contributed by atoms with Crippen LogP contribution in [-0.4, -0.2) is 66.8 Å². The van der Waals surface area contributed by atoms with Crippen LogP contribution in [0.25, 0.3) is 0 Å². The lowest BCUT2D eigenvalue weighted by atomic mass is 9.84. The van der Waals surface area contributed by atoms with E-state index in [4.69, 9.17) is 9.47 Å². The summed E-state index contributed by atoms with van der Waals surface area (Å²) in [5, 5.41) is 0. The van der Waals surface area contributed by atoms with Crippen molar-refractivity contribution in [1.29, 1.82) is 0 Å². The number of amides is 1. The monoisotopic (exact) mass is 362 g/mol. The zero-order valence-electron chi connectivity index (χ0n) is 15.2. The van der Waals surface area contributed by atoms with Crippen LogP contribution in [0.2, 0.25) is 0 Å². The standard InChI is InChI=1S/C20H27FN2O3/c21-17-5-3-4-16(10-17)12-22-14-20(15-22)11-18(6-9-26-20)25-13-19(24)23-7-1-2-8-23/h3-5,10,18H,1-2,6-9,11-15H2/t18-/m0/s1. The summed E-state index contributed by atoms with van der Waals surface area (Å²) >= 11 is 0. The summed E-state index contributed by atoms with van der Waals surface area (Å²) in [6.45, 7) is 5.02. The quantitative estimate of drug-likeness (QED) is 0.805. The summed E-state index contributed by atoms with van der Waals surface area (Å²) in [6, 6.07) is 6.75. The molecule has 3 fully saturated rings. The summed E-state index contributed by atoms with van der Waals surface area (Å²) in [6.07, 6.45) is 3.98. The van der Waals surface area contributed by atoms with Crippen LogP contribution in [0.1, 0.15) is 31.2 Å². The maximum absolute atomic E-state index is 13.3. The second-order valence-electron chi connectivity index (χ2n) is 7.82. The second-order valence-corrected chi connectivity index (χ2v) is 7.82. The molecule has 1 aromatic carbocycles. The maximum atomic E-state index is 13.3. The van der Waals surface area contributed by atoms with Gasteiger partial charge in [-0.1, -0.05) is 12.1 Å². The van der Waals surface area contributed by atoms with Crippen molar-refractivity contribution in [2.24, 2.45) is 0 Å². The minimum absolute atomic E-state index is 0.0895. The van der Waals surface area contributed by atoms with E-state index < -0.39 is 0 Å². The van der Waals surface area contributed by atoms with Crippen LogP contribution in [0.3, 0.4) is 0 Å². The van der Waals surface area contributed by atoms with Crippen molar-refractivity contribution in [1.82, 2.24) is 9.80 Å². The van der Waals surface area contributed by atoms with Gasteiger partial charge < -0.3 is 14.4 Å². The van der Waals surface area contributed by atoms with Crippen molar-refractivity contribution in [2.75, 3.05) is 39.4 Å². The molecule has 3 aliphatic rings. The Labute approximate surface area is 154 Å². The van der Waals surface area contributed by atoms with E-state index in [9.17, 15) is 9.18 Å². The van der Waals surface area contributed by atoms with E-state index in [0.717, 1.165) is 64.0 Å². The third-order valence-corrected chi connectivity index (χ3v) is 5.67. The number of halogens is 1. The lowest BCUT2D eigenvalue weighted by Gasteiger charge is -2.53. The van der Waals surface area contributed by atoms with E-state index in [0.29, 0.717) is 6.61 Å². The van der Waals surface area contributed by atoms with Crippen LogP contribution >= 0.6 is 0 Å². The Bertz CT molecular complexity index is 642. The molecule has 3 saturated heterocycles. The molecule has 1 amide bonds. The van der Waals surface area contributed by atoms with Gasteiger partial charge in [0.15, 0.2) is 0 Å². The Morgan fingerprint density at radius 1 is 1.31 bits per heavy atom. The SMILES string of the molecule is O=C(CO[C@H]1CCOC2(C1)CN(Cc1cccc(F)c1)C2)N1CCCC1. The summed E-state index contributed by atoms with van der Waals surface area (Å²) in [5.74, 6) is -0.0767. The lowest BCUT2D eigenvalue weighted by molar-refractivity contribution is -0.200. The van der Waals surface area contributed by atoms with E-state index in [2.05, 4.69) is 4.90 Å². The van der Waals surface area contributed by atoms with E-state index in [-0.39, 0.29) is 30.0 Å². The van der Waals surface area contributed by atoms with Gasteiger partial charge in [-0.2, -0.15) is 0 Å². The van der Waals surface area contributed by atoms with Crippen molar-refractivity contribution in [3.8, 4) is 0 Å². The first-order chi connectivity index (χ1) is 12.6. The number of carbonyl (C=O) groups is 1. The van der Waals surface area contributed by atoms with E-state index >= 15 is 0 Å². The Balaban J connectivity index is 1.23. The molecule has 0 radical (unpaired) electrons. The molecule has 0 aromatic heterocycles. The summed E-state index contributed by atoms with van der Waals surface area (Å²) in [7, 11) is 0. The van der Waals surface area contributed by atoms with Crippen molar-refractivity contribution in [3.05, 3.63) is 35.6 Å². The van der Waals surface area contributed by atoms with Gasteiger partial charge in [0.2, 0.25) is 5.91 Å². The predicted molar refractivity (Wildman–Crippen MR) is 95.1 cm³/mol. The Hall–Kier alpha value is -1.50. The van der Waals surface area contributed by atoms with Gasteiger partial charge in [0, 0.05) is 45.8 Å². The fraction of sp³-hybridized carbons (Fsp3) is 0.650. The Morgan fingerprint density at radius 2 is 2.12 bits per heavy atom. The number of carbonyl (C=O) groups excluding carboxylic acids is 1. The largest absolute Gasteiger partial charge is 0.372 e. The van der Waals surface area contributed by atoms with Crippen LogP contribution in [0.4, 0.5) is 4.39 Å². The third-order valence-electron chi connectivity index (χ3n) is 5.67. The predicted octanol–water partition coefficient (Wildman–Crippen LogP) is 2.20. The number of benzene rings is 1. The van der Waals surface area contributed by atoms with Crippen LogP contribution in [0.15, 0.2) is 24.3 Å². The lowest BCUT2D eigenvalue weighted by Crippen LogP contribution is -2.65. The topological polar surface area (TPSA) is 42.0 Å². The van der Waals surface area contributed by atoms with Gasteiger partial charge in [-0.3, -0.25) is 9.69 Å². The highest BCUT2D eigenvalue weighted by atomic mass is 19.1. The number of ether oxygens (including phenoxy) is 2. The number of rotatable bonds is 5. The second kappa shape index (κ2) is 7.62. The molecular weight excluding hydrogens is 335 g/mol. The molecule has 0 N–H and O–H groups in total. The van der Waals surface area contributed by atoms with Crippen molar-refractivity contribution >= 4 is 5.91 Å². The van der Waals surface area contributed by atoms with Gasteiger partial charge in [-0.05, 0) is 37.0 Å². The van der Waals surface area contributed by atoms with Crippen molar-refractivity contribution in [2.45, 2.75) is 43.9 Å². The molecule has 3 heterocycles. The molecular formula is C20H27FN2O3. The highest BCUT2D eigenvalue weighted by Gasteiger charge is 2.47. The van der Waals surface area contributed by atoms with Crippen LogP contribution in [-0.2, 0) is 20.8 Å². The number of hydrogen-bond acceptors (Lipinski definition) is 4. The third kappa shape index (κ3) is 4.08. The molecule has 5 nitrogen and oxygen atoms in total. The first-order valence-electron chi connectivity index (χ1n) is 9.62. The maximum Gasteiger partial charge on any atom is 0.248 e. The van der Waals surface area contributed by atoms with Gasteiger partial charge >= 0.3 is 0 Å². The molecule has 1 aromatic rings. The number of likely N-dealkylation sites (tertiary alicyclic amines) is 2. The molecule has 0 unspecified atom stereocenters. The van der Waals surface area contributed by atoms with Crippen LogP contribution in [0, 0.1) is 5.82 Å². The van der Waals surface area contributed by atoms with E-state index in [1.54, 1.807) is 12.1 Å². The highest BCUT2D eigenvalue weighted by Crippen LogP contribution is 2.36. The average molecular weight is 362 g/mol. The first kappa shape index (κ1) is 17.9. The zero-order valence-corrected chi connectivity index (χ0v) is 15.2. The first-order valence-corrected chi connectivity index (χ1v) is 9.62. The summed E-state index contributed by atoms with van der Waals surface area (Å²) in [4.78, 5) is 16.3. The Morgan fingerprint density at radius 3 is 2.88 bits per heavy atom. The molecule has 0 bridgehead atoms. The molecule has 3 aliphatic heterocycles. The molecule has 4 rings (SSSR count). The van der Waals surface area contributed by atoms with E-state index in [1.165, 1.54) is 6.07 Å². The summed E-state index contributed by atoms with van der Waals surface area (Å²) < 4.78 is 25.3.